The van der Waals surface area contributed by atoms with Crippen LogP contribution < -0.4 is 0 Å². The van der Waals surface area contributed by atoms with Gasteiger partial charge in [-0.05, 0) is 12.3 Å². The Kier molecular flexibility index (Phi) is 2.87. The Bertz CT molecular complexity index is 113. The number of Topliss-reactive ketones (excluding diaryl/α,β-unsaturated/α-hetero) is 1. The standard InChI is InChI=1S/C7H13BrO/c1-5(9)6(8)7(2,3)4/h6H,1-4H3/t6-/m1/s1. The third-order valence-electron chi connectivity index (χ3n) is 1.12. The first-order valence-electron chi connectivity index (χ1n) is 3.00. The number of ketones is 1. The van der Waals surface area contributed by atoms with E-state index in [1.165, 1.54) is 0 Å². The molecule has 0 unspecified atom stereocenters. The van der Waals surface area contributed by atoms with Crippen molar-refractivity contribution in [3.63, 3.8) is 0 Å². The van der Waals surface area contributed by atoms with E-state index in [0.717, 1.165) is 0 Å². The zero-order valence-corrected chi connectivity index (χ0v) is 7.95. The fourth-order valence-electron chi connectivity index (χ4n) is 0.610. The molecule has 0 saturated heterocycles. The highest BCUT2D eigenvalue weighted by Gasteiger charge is 2.25. The maximum absolute atomic E-state index is 10.7. The van der Waals surface area contributed by atoms with E-state index >= 15 is 0 Å². The molecule has 0 spiro atoms. The highest BCUT2D eigenvalue weighted by molar-refractivity contribution is 9.10. The first-order valence-corrected chi connectivity index (χ1v) is 3.92. The molecule has 0 heterocycles. The van der Waals surface area contributed by atoms with Crippen LogP contribution in [0, 0.1) is 5.41 Å². The Balaban J connectivity index is 4.04. The zero-order chi connectivity index (χ0) is 7.65. The number of carbonyl (C=O) groups is 1. The van der Waals surface area contributed by atoms with Gasteiger partial charge in [-0.2, -0.15) is 0 Å². The normalized spacial score (nSPS) is 15.2. The molecule has 0 N–H and O–H groups in total. The Morgan fingerprint density at radius 2 is 1.78 bits per heavy atom. The molecule has 0 aromatic heterocycles. The van der Waals surface area contributed by atoms with E-state index in [1.54, 1.807) is 6.92 Å². The predicted octanol–water partition coefficient (Wildman–Crippen LogP) is 2.39. The molecule has 0 rings (SSSR count). The van der Waals surface area contributed by atoms with Gasteiger partial charge in [0.2, 0.25) is 0 Å². The summed E-state index contributed by atoms with van der Waals surface area (Å²) in [6, 6.07) is 0. The summed E-state index contributed by atoms with van der Waals surface area (Å²) in [5, 5.41) is 0. The van der Waals surface area contributed by atoms with E-state index in [4.69, 9.17) is 0 Å². The highest BCUT2D eigenvalue weighted by Crippen LogP contribution is 2.26. The van der Waals surface area contributed by atoms with Gasteiger partial charge < -0.3 is 0 Å². The van der Waals surface area contributed by atoms with Crippen LogP contribution in [0.25, 0.3) is 0 Å². The summed E-state index contributed by atoms with van der Waals surface area (Å²) < 4.78 is 0. The molecule has 0 saturated carbocycles. The van der Waals surface area contributed by atoms with E-state index in [0.29, 0.717) is 0 Å². The molecular formula is C7H13BrO. The van der Waals surface area contributed by atoms with Crippen molar-refractivity contribution in [3.05, 3.63) is 0 Å². The molecule has 0 aliphatic heterocycles. The minimum absolute atomic E-state index is 0.00926. The third kappa shape index (κ3) is 2.99. The molecule has 0 aromatic rings. The number of alkyl halides is 1. The van der Waals surface area contributed by atoms with Crippen LogP contribution in [-0.4, -0.2) is 10.6 Å². The van der Waals surface area contributed by atoms with Crippen LogP contribution in [0.4, 0.5) is 0 Å². The largest absolute Gasteiger partial charge is 0.299 e. The summed E-state index contributed by atoms with van der Waals surface area (Å²) in [4.78, 5) is 10.7. The number of rotatable bonds is 1. The summed E-state index contributed by atoms with van der Waals surface area (Å²) in [6.07, 6.45) is 0. The van der Waals surface area contributed by atoms with Crippen LogP contribution in [0.15, 0.2) is 0 Å². The van der Waals surface area contributed by atoms with Crippen molar-refractivity contribution in [3.8, 4) is 0 Å². The van der Waals surface area contributed by atoms with Gasteiger partial charge >= 0.3 is 0 Å². The second kappa shape index (κ2) is 2.82. The van der Waals surface area contributed by atoms with Crippen molar-refractivity contribution in [2.75, 3.05) is 0 Å². The first-order chi connectivity index (χ1) is 3.85. The summed E-state index contributed by atoms with van der Waals surface area (Å²) in [5.74, 6) is 0.197. The minimum atomic E-state index is -0.00926. The van der Waals surface area contributed by atoms with Crippen LogP contribution in [0.5, 0.6) is 0 Å². The fraction of sp³-hybridized carbons (Fsp3) is 0.857. The van der Waals surface area contributed by atoms with Gasteiger partial charge in [0.05, 0.1) is 4.83 Å². The van der Waals surface area contributed by atoms with Gasteiger partial charge in [-0.3, -0.25) is 4.79 Å². The van der Waals surface area contributed by atoms with E-state index < -0.39 is 0 Å². The number of carbonyl (C=O) groups excluding carboxylic acids is 1. The van der Waals surface area contributed by atoms with E-state index in [9.17, 15) is 4.79 Å². The minimum Gasteiger partial charge on any atom is -0.299 e. The Morgan fingerprint density at radius 1 is 1.44 bits per heavy atom. The molecule has 0 aromatic carbocycles. The molecule has 0 aliphatic carbocycles. The quantitative estimate of drug-likeness (QED) is 0.584. The SMILES string of the molecule is CC(=O)[C@@H](Br)C(C)(C)C. The van der Waals surface area contributed by atoms with Crippen LogP contribution in [0.1, 0.15) is 27.7 Å². The number of hydrogen-bond donors (Lipinski definition) is 0. The number of hydrogen-bond acceptors (Lipinski definition) is 1. The molecule has 0 aliphatic rings. The van der Waals surface area contributed by atoms with Crippen molar-refractivity contribution < 1.29 is 4.79 Å². The third-order valence-corrected chi connectivity index (χ3v) is 3.14. The smallest absolute Gasteiger partial charge is 0.143 e. The average molecular weight is 193 g/mol. The van der Waals surface area contributed by atoms with Gasteiger partial charge in [-0.1, -0.05) is 36.7 Å². The molecule has 2 heteroatoms. The Morgan fingerprint density at radius 3 is 1.78 bits per heavy atom. The lowest BCUT2D eigenvalue weighted by Crippen LogP contribution is -2.26. The van der Waals surface area contributed by atoms with E-state index in [2.05, 4.69) is 15.9 Å². The lowest BCUT2D eigenvalue weighted by atomic mass is 9.90. The maximum Gasteiger partial charge on any atom is 0.143 e. The molecule has 54 valence electrons. The van der Waals surface area contributed by atoms with Crippen molar-refractivity contribution in [1.82, 2.24) is 0 Å². The van der Waals surface area contributed by atoms with Crippen molar-refractivity contribution in [2.45, 2.75) is 32.5 Å². The molecular weight excluding hydrogens is 180 g/mol. The first kappa shape index (κ1) is 9.15. The summed E-state index contributed by atoms with van der Waals surface area (Å²) in [6.45, 7) is 7.71. The van der Waals surface area contributed by atoms with Gasteiger partial charge in [0.1, 0.15) is 5.78 Å². The Labute approximate surface area is 65.0 Å². The zero-order valence-electron chi connectivity index (χ0n) is 6.36. The predicted molar refractivity (Wildman–Crippen MR) is 42.9 cm³/mol. The molecule has 9 heavy (non-hydrogen) atoms. The molecule has 0 amide bonds. The second-order valence-electron chi connectivity index (χ2n) is 3.34. The van der Waals surface area contributed by atoms with Gasteiger partial charge in [0.15, 0.2) is 0 Å². The van der Waals surface area contributed by atoms with Crippen LogP contribution in [-0.2, 0) is 4.79 Å². The second-order valence-corrected chi connectivity index (χ2v) is 4.25. The lowest BCUT2D eigenvalue weighted by Gasteiger charge is -2.22. The van der Waals surface area contributed by atoms with Gasteiger partial charge in [-0.15, -0.1) is 0 Å². The van der Waals surface area contributed by atoms with Crippen molar-refractivity contribution in [2.24, 2.45) is 5.41 Å². The van der Waals surface area contributed by atoms with Crippen molar-refractivity contribution >= 4 is 21.7 Å². The molecule has 0 radical (unpaired) electrons. The van der Waals surface area contributed by atoms with Gasteiger partial charge in [0.25, 0.3) is 0 Å². The lowest BCUT2D eigenvalue weighted by molar-refractivity contribution is -0.117. The topological polar surface area (TPSA) is 17.1 Å². The summed E-state index contributed by atoms with van der Waals surface area (Å²) in [7, 11) is 0. The van der Waals surface area contributed by atoms with E-state index in [1.807, 2.05) is 20.8 Å². The molecule has 1 nitrogen and oxygen atoms in total. The van der Waals surface area contributed by atoms with Crippen molar-refractivity contribution in [1.29, 1.82) is 0 Å². The maximum atomic E-state index is 10.7. The molecule has 0 bridgehead atoms. The van der Waals surface area contributed by atoms with Crippen LogP contribution in [0.2, 0.25) is 0 Å². The van der Waals surface area contributed by atoms with Gasteiger partial charge in [-0.25, -0.2) is 0 Å². The van der Waals surface area contributed by atoms with E-state index in [-0.39, 0.29) is 16.0 Å². The number of halogens is 1. The monoisotopic (exact) mass is 192 g/mol. The molecule has 1 atom stereocenters. The average Bonchev–Trinajstić information content (AvgIpc) is 1.62. The van der Waals surface area contributed by atoms with Crippen LogP contribution >= 0.6 is 15.9 Å². The molecule has 0 fully saturated rings. The fourth-order valence-corrected chi connectivity index (χ4v) is 0.610. The van der Waals surface area contributed by atoms with Crippen LogP contribution in [0.3, 0.4) is 0 Å². The highest BCUT2D eigenvalue weighted by atomic mass is 79.9. The van der Waals surface area contributed by atoms with Gasteiger partial charge in [0, 0.05) is 0 Å². The Hall–Kier alpha value is 0.150. The summed E-state index contributed by atoms with van der Waals surface area (Å²) >= 11 is 3.31. The summed E-state index contributed by atoms with van der Waals surface area (Å²) in [5.41, 5.74) is 0.0475.